The smallest absolute Gasteiger partial charge is 0.263 e. The lowest BCUT2D eigenvalue weighted by molar-refractivity contribution is -0.118. The van der Waals surface area contributed by atoms with E-state index in [0.717, 1.165) is 19.3 Å². The zero-order chi connectivity index (χ0) is 16.7. The first-order valence-corrected chi connectivity index (χ1v) is 10.4. The van der Waals surface area contributed by atoms with Crippen LogP contribution in [-0.4, -0.2) is 20.4 Å². The number of carbonyl (C=O) groups is 1. The topological polar surface area (TPSA) is 63.2 Å². The maximum absolute atomic E-state index is 12.7. The van der Waals surface area contributed by atoms with E-state index < -0.39 is 15.7 Å². The van der Waals surface area contributed by atoms with Crippen LogP contribution in [0.4, 0.5) is 0 Å². The molecule has 0 saturated heterocycles. The van der Waals surface area contributed by atoms with Crippen LogP contribution in [0.2, 0.25) is 0 Å². The van der Waals surface area contributed by atoms with Crippen LogP contribution in [0, 0.1) is 11.8 Å². The molecule has 1 heterocycles. The predicted molar refractivity (Wildman–Crippen MR) is 92.8 cm³/mol. The molecule has 0 spiro atoms. The quantitative estimate of drug-likeness (QED) is 0.894. The molecule has 0 bridgehead atoms. The monoisotopic (exact) mass is 345 g/mol. The van der Waals surface area contributed by atoms with Gasteiger partial charge < -0.3 is 5.32 Å². The van der Waals surface area contributed by atoms with Crippen molar-refractivity contribution < 1.29 is 13.2 Å². The van der Waals surface area contributed by atoms with E-state index in [4.69, 9.17) is 0 Å². The highest BCUT2D eigenvalue weighted by Crippen LogP contribution is 2.41. The van der Waals surface area contributed by atoms with Gasteiger partial charge in [-0.15, -0.1) is 0 Å². The molecular weight excluding hydrogens is 322 g/mol. The van der Waals surface area contributed by atoms with Crippen LogP contribution in [0.15, 0.2) is 34.1 Å². The molecular formula is C19H23NO3S. The second-order valence-electron chi connectivity index (χ2n) is 7.27. The van der Waals surface area contributed by atoms with Gasteiger partial charge in [0.25, 0.3) is 5.91 Å². The molecule has 1 N–H and O–H groups in total. The number of sulfone groups is 1. The third kappa shape index (κ3) is 2.59. The summed E-state index contributed by atoms with van der Waals surface area (Å²) in [5.74, 6) is 0.787. The molecule has 3 unspecified atom stereocenters. The Morgan fingerprint density at radius 2 is 1.75 bits per heavy atom. The van der Waals surface area contributed by atoms with Crippen LogP contribution in [0.3, 0.4) is 0 Å². The van der Waals surface area contributed by atoms with Crippen molar-refractivity contribution in [1.82, 2.24) is 5.32 Å². The summed E-state index contributed by atoms with van der Waals surface area (Å²) in [6.45, 7) is 0. The molecule has 128 valence electrons. The lowest BCUT2D eigenvalue weighted by Gasteiger charge is -2.41. The van der Waals surface area contributed by atoms with E-state index in [1.807, 2.05) is 0 Å². The zero-order valence-electron chi connectivity index (χ0n) is 13.7. The minimum Gasteiger partial charge on any atom is -0.348 e. The number of hydrogen-bond acceptors (Lipinski definition) is 3. The van der Waals surface area contributed by atoms with E-state index in [1.165, 1.54) is 31.8 Å². The summed E-state index contributed by atoms with van der Waals surface area (Å²) in [7, 11) is -3.68. The summed E-state index contributed by atoms with van der Waals surface area (Å²) in [6.07, 6.45) is 9.78. The highest BCUT2D eigenvalue weighted by Gasteiger charge is 2.39. The molecule has 1 aromatic carbocycles. The molecule has 24 heavy (non-hydrogen) atoms. The van der Waals surface area contributed by atoms with Gasteiger partial charge in [0.15, 0.2) is 0 Å². The van der Waals surface area contributed by atoms with Crippen molar-refractivity contribution in [3.05, 3.63) is 34.7 Å². The number of carbonyl (C=O) groups excluding carboxylic acids is 1. The van der Waals surface area contributed by atoms with Crippen LogP contribution in [0.5, 0.6) is 0 Å². The van der Waals surface area contributed by atoms with Gasteiger partial charge in [-0.25, -0.2) is 8.42 Å². The van der Waals surface area contributed by atoms with E-state index in [-0.39, 0.29) is 15.8 Å². The fourth-order valence-electron chi connectivity index (χ4n) is 4.73. The number of benzene rings is 1. The molecule has 2 saturated carbocycles. The van der Waals surface area contributed by atoms with E-state index in [2.05, 4.69) is 5.32 Å². The van der Waals surface area contributed by atoms with Crippen molar-refractivity contribution >= 4 is 21.8 Å². The molecule has 3 aliphatic rings. The van der Waals surface area contributed by atoms with Gasteiger partial charge in [-0.05, 0) is 42.4 Å². The van der Waals surface area contributed by atoms with Gasteiger partial charge in [0.05, 0.1) is 4.90 Å². The number of fused-ring (bicyclic) bond motifs is 2. The van der Waals surface area contributed by atoms with Gasteiger partial charge in [0.1, 0.15) is 4.91 Å². The minimum absolute atomic E-state index is 0.0957. The molecule has 4 rings (SSSR count). The largest absolute Gasteiger partial charge is 0.348 e. The SMILES string of the molecule is O=C(NC1CCCC2CCCCC21)C1=Cc2ccccc2S1(=O)=O. The summed E-state index contributed by atoms with van der Waals surface area (Å²) in [4.78, 5) is 12.9. The molecule has 4 nitrogen and oxygen atoms in total. The van der Waals surface area contributed by atoms with Crippen molar-refractivity contribution in [3.8, 4) is 0 Å². The lowest BCUT2D eigenvalue weighted by Crippen LogP contribution is -2.47. The Morgan fingerprint density at radius 3 is 2.58 bits per heavy atom. The molecule has 0 radical (unpaired) electrons. The van der Waals surface area contributed by atoms with Gasteiger partial charge in [-0.3, -0.25) is 4.79 Å². The van der Waals surface area contributed by atoms with E-state index in [1.54, 1.807) is 24.3 Å². The Morgan fingerprint density at radius 1 is 1.00 bits per heavy atom. The Hall–Kier alpha value is -1.62. The summed E-state index contributed by atoms with van der Waals surface area (Å²) >= 11 is 0. The van der Waals surface area contributed by atoms with Gasteiger partial charge in [-0.1, -0.05) is 50.3 Å². The summed E-state index contributed by atoms with van der Waals surface area (Å²) < 4.78 is 25.2. The predicted octanol–water partition coefficient (Wildman–Crippen LogP) is 3.29. The Labute approximate surface area is 143 Å². The molecule has 2 fully saturated rings. The number of rotatable bonds is 2. The maximum Gasteiger partial charge on any atom is 0.263 e. The van der Waals surface area contributed by atoms with Crippen molar-refractivity contribution in [1.29, 1.82) is 0 Å². The minimum atomic E-state index is -3.68. The zero-order valence-corrected chi connectivity index (χ0v) is 14.5. The number of hydrogen-bond donors (Lipinski definition) is 1. The van der Waals surface area contributed by atoms with Crippen LogP contribution < -0.4 is 5.32 Å². The van der Waals surface area contributed by atoms with Gasteiger partial charge in [0, 0.05) is 6.04 Å². The van der Waals surface area contributed by atoms with Gasteiger partial charge >= 0.3 is 0 Å². The van der Waals surface area contributed by atoms with Crippen LogP contribution in [-0.2, 0) is 14.6 Å². The first-order valence-electron chi connectivity index (χ1n) is 8.94. The third-order valence-electron chi connectivity index (χ3n) is 5.90. The van der Waals surface area contributed by atoms with Crippen molar-refractivity contribution in [3.63, 3.8) is 0 Å². The fourth-order valence-corrected chi connectivity index (χ4v) is 6.24. The highest BCUT2D eigenvalue weighted by molar-refractivity contribution is 7.96. The molecule has 1 aliphatic heterocycles. The van der Waals surface area contributed by atoms with E-state index in [9.17, 15) is 13.2 Å². The number of amides is 1. The highest BCUT2D eigenvalue weighted by atomic mass is 32.2. The second kappa shape index (κ2) is 6.03. The molecule has 0 aromatic heterocycles. The van der Waals surface area contributed by atoms with Crippen molar-refractivity contribution in [2.75, 3.05) is 0 Å². The van der Waals surface area contributed by atoms with Crippen LogP contribution in [0.25, 0.3) is 6.08 Å². The molecule has 2 aliphatic carbocycles. The van der Waals surface area contributed by atoms with Gasteiger partial charge in [0.2, 0.25) is 9.84 Å². The Bertz CT molecular complexity index is 795. The molecule has 3 atom stereocenters. The number of nitrogens with one attached hydrogen (secondary N) is 1. The molecule has 1 amide bonds. The molecule has 1 aromatic rings. The normalized spacial score (nSPS) is 30.8. The van der Waals surface area contributed by atoms with E-state index >= 15 is 0 Å². The third-order valence-corrected chi connectivity index (χ3v) is 7.73. The second-order valence-corrected chi connectivity index (χ2v) is 9.16. The van der Waals surface area contributed by atoms with Crippen molar-refractivity contribution in [2.45, 2.75) is 55.9 Å². The summed E-state index contributed by atoms with van der Waals surface area (Å²) in [5, 5.41) is 3.06. The first-order chi connectivity index (χ1) is 11.6. The first kappa shape index (κ1) is 15.9. The lowest BCUT2D eigenvalue weighted by atomic mass is 9.68. The van der Waals surface area contributed by atoms with E-state index in [0.29, 0.717) is 17.4 Å². The Kier molecular flexibility index (Phi) is 3.99. The summed E-state index contributed by atoms with van der Waals surface area (Å²) in [6, 6.07) is 6.92. The summed E-state index contributed by atoms with van der Waals surface area (Å²) in [5.41, 5.74) is 0.613. The van der Waals surface area contributed by atoms with Gasteiger partial charge in [-0.2, -0.15) is 0 Å². The maximum atomic E-state index is 12.7. The standard InChI is InChI=1S/C19H23NO3S/c21-19(18-12-14-7-2-4-11-17(14)24(18,22)23)20-16-10-5-8-13-6-1-3-9-15(13)16/h2,4,7,11-13,15-16H,1,3,5-6,8-10H2,(H,20,21). The fraction of sp³-hybridized carbons (Fsp3) is 0.526. The van der Waals surface area contributed by atoms with Crippen molar-refractivity contribution in [2.24, 2.45) is 11.8 Å². The van der Waals surface area contributed by atoms with Crippen LogP contribution in [0.1, 0.15) is 50.5 Å². The average Bonchev–Trinajstić information content (AvgIpc) is 2.87. The average molecular weight is 345 g/mol. The van der Waals surface area contributed by atoms with Crippen LogP contribution >= 0.6 is 0 Å². The molecule has 5 heteroatoms. The Balaban J connectivity index is 1.55.